The van der Waals surface area contributed by atoms with Crippen LogP contribution < -0.4 is 20.1 Å². The Bertz CT molecular complexity index is 442. The van der Waals surface area contributed by atoms with Crippen molar-refractivity contribution in [3.8, 4) is 11.5 Å². The van der Waals surface area contributed by atoms with Gasteiger partial charge in [0.2, 0.25) is 5.91 Å². The summed E-state index contributed by atoms with van der Waals surface area (Å²) in [5, 5.41) is 6.12. The Morgan fingerprint density at radius 2 is 2.16 bits per heavy atom. The van der Waals surface area contributed by atoms with Crippen molar-refractivity contribution < 1.29 is 14.3 Å². The van der Waals surface area contributed by atoms with E-state index < -0.39 is 0 Å². The molecule has 5 heteroatoms. The topological polar surface area (TPSA) is 59.6 Å². The Kier molecular flexibility index (Phi) is 4.63. The fourth-order valence-electron chi connectivity index (χ4n) is 2.21. The van der Waals surface area contributed by atoms with E-state index in [0.29, 0.717) is 17.2 Å². The van der Waals surface area contributed by atoms with Gasteiger partial charge in [0.1, 0.15) is 11.5 Å². The second kappa shape index (κ2) is 6.43. The molecule has 1 aromatic rings. The summed E-state index contributed by atoms with van der Waals surface area (Å²) in [6.07, 6.45) is 3.09. The van der Waals surface area contributed by atoms with E-state index in [0.717, 1.165) is 25.8 Å². The van der Waals surface area contributed by atoms with Gasteiger partial charge in [0, 0.05) is 6.07 Å². The largest absolute Gasteiger partial charge is 0.497 e. The minimum Gasteiger partial charge on any atom is -0.497 e. The number of carbonyl (C=O) groups excluding carboxylic acids is 1. The van der Waals surface area contributed by atoms with Crippen molar-refractivity contribution in [2.24, 2.45) is 0 Å². The second-order valence-electron chi connectivity index (χ2n) is 4.56. The van der Waals surface area contributed by atoms with Crippen molar-refractivity contribution >= 4 is 11.6 Å². The van der Waals surface area contributed by atoms with E-state index in [1.54, 1.807) is 32.4 Å². The third-order valence-electron chi connectivity index (χ3n) is 3.29. The van der Waals surface area contributed by atoms with Crippen LogP contribution in [0.4, 0.5) is 5.69 Å². The summed E-state index contributed by atoms with van der Waals surface area (Å²) < 4.78 is 10.4. The summed E-state index contributed by atoms with van der Waals surface area (Å²) in [5.74, 6) is 1.30. The summed E-state index contributed by atoms with van der Waals surface area (Å²) in [6, 6.07) is 5.22. The quantitative estimate of drug-likeness (QED) is 0.870. The average Bonchev–Trinajstić information content (AvgIpc) is 2.48. The molecule has 2 rings (SSSR count). The van der Waals surface area contributed by atoms with Gasteiger partial charge in [-0.05, 0) is 31.5 Å². The van der Waals surface area contributed by atoms with Gasteiger partial charge in [-0.15, -0.1) is 0 Å². The summed E-state index contributed by atoms with van der Waals surface area (Å²) in [4.78, 5) is 12.2. The average molecular weight is 264 g/mol. The van der Waals surface area contributed by atoms with Crippen LogP contribution >= 0.6 is 0 Å². The number of hydrogen-bond acceptors (Lipinski definition) is 4. The Balaban J connectivity index is 2.10. The highest BCUT2D eigenvalue weighted by Crippen LogP contribution is 2.29. The third kappa shape index (κ3) is 3.38. The van der Waals surface area contributed by atoms with Crippen LogP contribution in [0.2, 0.25) is 0 Å². The molecule has 0 spiro atoms. The summed E-state index contributed by atoms with van der Waals surface area (Å²) in [6.45, 7) is 0.896. The molecule has 1 atom stereocenters. The molecular weight excluding hydrogens is 244 g/mol. The Hall–Kier alpha value is -1.75. The van der Waals surface area contributed by atoms with Gasteiger partial charge in [-0.3, -0.25) is 4.79 Å². The van der Waals surface area contributed by atoms with Crippen molar-refractivity contribution in [3.63, 3.8) is 0 Å². The molecule has 0 saturated carbocycles. The molecule has 0 bridgehead atoms. The first-order valence-corrected chi connectivity index (χ1v) is 6.51. The Morgan fingerprint density at radius 3 is 2.79 bits per heavy atom. The van der Waals surface area contributed by atoms with E-state index in [1.165, 1.54) is 0 Å². The van der Waals surface area contributed by atoms with Crippen molar-refractivity contribution in [2.75, 3.05) is 26.1 Å². The number of piperidine rings is 1. The predicted molar refractivity (Wildman–Crippen MR) is 73.8 cm³/mol. The van der Waals surface area contributed by atoms with Gasteiger partial charge in [-0.25, -0.2) is 0 Å². The number of anilines is 1. The van der Waals surface area contributed by atoms with Gasteiger partial charge in [0.05, 0.1) is 25.9 Å². The first-order valence-electron chi connectivity index (χ1n) is 6.51. The molecule has 0 radical (unpaired) electrons. The number of carbonyl (C=O) groups is 1. The van der Waals surface area contributed by atoms with E-state index in [4.69, 9.17) is 9.47 Å². The molecule has 19 heavy (non-hydrogen) atoms. The van der Waals surface area contributed by atoms with Crippen LogP contribution in [-0.4, -0.2) is 32.7 Å². The van der Waals surface area contributed by atoms with E-state index in [-0.39, 0.29) is 11.9 Å². The molecule has 5 nitrogen and oxygen atoms in total. The normalized spacial score (nSPS) is 18.7. The minimum absolute atomic E-state index is 0.0220. The first-order chi connectivity index (χ1) is 9.24. The lowest BCUT2D eigenvalue weighted by Gasteiger charge is -2.23. The van der Waals surface area contributed by atoms with Crippen LogP contribution in [0, 0.1) is 0 Å². The molecule has 1 fully saturated rings. The van der Waals surface area contributed by atoms with Gasteiger partial charge in [-0.1, -0.05) is 6.42 Å². The fraction of sp³-hybridized carbons (Fsp3) is 0.500. The minimum atomic E-state index is -0.121. The number of hydrogen-bond donors (Lipinski definition) is 2. The molecule has 104 valence electrons. The Morgan fingerprint density at radius 1 is 1.32 bits per heavy atom. The standard InChI is InChI=1S/C14H20N2O3/c1-18-10-6-7-13(19-2)12(9-10)16-14(17)11-5-3-4-8-15-11/h6-7,9,11,15H,3-5,8H2,1-2H3,(H,16,17)/t11-/m1/s1. The smallest absolute Gasteiger partial charge is 0.241 e. The summed E-state index contributed by atoms with van der Waals surface area (Å²) in [7, 11) is 3.17. The SMILES string of the molecule is COc1ccc(OC)c(NC(=O)[C@H]2CCCCN2)c1. The maximum atomic E-state index is 12.2. The van der Waals surface area contributed by atoms with Gasteiger partial charge in [-0.2, -0.15) is 0 Å². The summed E-state index contributed by atoms with van der Waals surface area (Å²) >= 11 is 0. The van der Waals surface area contributed by atoms with E-state index in [9.17, 15) is 4.79 Å². The van der Waals surface area contributed by atoms with Crippen LogP contribution in [0.3, 0.4) is 0 Å². The molecule has 0 unspecified atom stereocenters. The van der Waals surface area contributed by atoms with Gasteiger partial charge in [0.15, 0.2) is 0 Å². The second-order valence-corrected chi connectivity index (χ2v) is 4.56. The molecule has 1 amide bonds. The van der Waals surface area contributed by atoms with Crippen LogP contribution in [-0.2, 0) is 4.79 Å². The van der Waals surface area contributed by atoms with E-state index >= 15 is 0 Å². The van der Waals surface area contributed by atoms with Crippen molar-refractivity contribution in [3.05, 3.63) is 18.2 Å². The number of benzene rings is 1. The highest BCUT2D eigenvalue weighted by Gasteiger charge is 2.21. The van der Waals surface area contributed by atoms with E-state index in [2.05, 4.69) is 10.6 Å². The lowest BCUT2D eigenvalue weighted by Crippen LogP contribution is -2.43. The predicted octanol–water partition coefficient (Wildman–Crippen LogP) is 1.78. The molecule has 1 saturated heterocycles. The molecule has 1 aliphatic heterocycles. The highest BCUT2D eigenvalue weighted by molar-refractivity contribution is 5.96. The maximum Gasteiger partial charge on any atom is 0.241 e. The molecule has 1 aliphatic rings. The van der Waals surface area contributed by atoms with Gasteiger partial charge < -0.3 is 20.1 Å². The van der Waals surface area contributed by atoms with Gasteiger partial charge >= 0.3 is 0 Å². The Labute approximate surface area is 113 Å². The zero-order chi connectivity index (χ0) is 13.7. The number of ether oxygens (including phenoxy) is 2. The molecule has 0 aromatic heterocycles. The molecule has 2 N–H and O–H groups in total. The summed E-state index contributed by atoms with van der Waals surface area (Å²) in [5.41, 5.74) is 0.638. The van der Waals surface area contributed by atoms with Gasteiger partial charge in [0.25, 0.3) is 0 Å². The van der Waals surface area contributed by atoms with Crippen LogP contribution in [0.15, 0.2) is 18.2 Å². The number of rotatable bonds is 4. The fourth-order valence-corrected chi connectivity index (χ4v) is 2.21. The zero-order valence-corrected chi connectivity index (χ0v) is 11.4. The number of nitrogens with one attached hydrogen (secondary N) is 2. The van der Waals surface area contributed by atoms with Crippen molar-refractivity contribution in [2.45, 2.75) is 25.3 Å². The lowest BCUT2D eigenvalue weighted by atomic mass is 10.0. The van der Waals surface area contributed by atoms with E-state index in [1.807, 2.05) is 0 Å². The number of methoxy groups -OCH3 is 2. The van der Waals surface area contributed by atoms with Crippen molar-refractivity contribution in [1.82, 2.24) is 5.32 Å². The van der Waals surface area contributed by atoms with Crippen molar-refractivity contribution in [1.29, 1.82) is 0 Å². The zero-order valence-electron chi connectivity index (χ0n) is 11.4. The lowest BCUT2D eigenvalue weighted by molar-refractivity contribution is -0.118. The molecular formula is C14H20N2O3. The maximum absolute atomic E-state index is 12.2. The molecule has 1 aromatic carbocycles. The first kappa shape index (κ1) is 13.7. The number of amides is 1. The highest BCUT2D eigenvalue weighted by atomic mass is 16.5. The monoisotopic (exact) mass is 264 g/mol. The third-order valence-corrected chi connectivity index (χ3v) is 3.29. The molecule has 1 heterocycles. The van der Waals surface area contributed by atoms with Crippen LogP contribution in [0.25, 0.3) is 0 Å². The van der Waals surface area contributed by atoms with Crippen LogP contribution in [0.1, 0.15) is 19.3 Å². The molecule has 0 aliphatic carbocycles. The van der Waals surface area contributed by atoms with Crippen LogP contribution in [0.5, 0.6) is 11.5 Å².